The van der Waals surface area contributed by atoms with E-state index in [1.54, 1.807) is 0 Å². The van der Waals surface area contributed by atoms with E-state index in [1.807, 2.05) is 0 Å². The molecule has 0 heterocycles. The highest BCUT2D eigenvalue weighted by molar-refractivity contribution is 5.96. The van der Waals surface area contributed by atoms with E-state index in [4.69, 9.17) is 0 Å². The van der Waals surface area contributed by atoms with Gasteiger partial charge >= 0.3 is 23.9 Å². The molecule has 0 aliphatic heterocycles. The van der Waals surface area contributed by atoms with Crippen LogP contribution in [0.4, 0.5) is 0 Å². The highest BCUT2D eigenvalue weighted by atomic mass is 16.5. The number of methoxy groups -OCH3 is 4. The molecule has 25 heavy (non-hydrogen) atoms. The predicted octanol–water partition coefficient (Wildman–Crippen LogP) is -0.804. The molecular weight excluding hydrogens is 338 g/mol. The van der Waals surface area contributed by atoms with Crippen LogP contribution >= 0.6 is 0 Å². The Hall–Kier alpha value is -2.65. The topological polar surface area (TPSA) is 134 Å². The molecule has 0 aromatic carbocycles. The maximum absolute atomic E-state index is 12.0. The van der Waals surface area contributed by atoms with E-state index in [-0.39, 0.29) is 12.8 Å². The summed E-state index contributed by atoms with van der Waals surface area (Å²) in [6.45, 7) is 1.39. The predicted molar refractivity (Wildman–Crippen MR) is 81.9 cm³/mol. The Kier molecular flexibility index (Phi) is 9.83. The van der Waals surface area contributed by atoms with E-state index in [2.05, 4.69) is 24.3 Å². The minimum atomic E-state index is -1.44. The first-order valence-corrected chi connectivity index (χ1v) is 7.33. The van der Waals surface area contributed by atoms with Crippen LogP contribution < -0.4 is 5.32 Å². The Morgan fingerprint density at radius 2 is 1.24 bits per heavy atom. The van der Waals surface area contributed by atoms with Gasteiger partial charge in [-0.15, -0.1) is 0 Å². The first kappa shape index (κ1) is 22.4. The standard InChI is InChI=1S/C15H23NO9/c1-8(11(13(19)23-3)14(20)24-4)12(15(21)25-5)16-9(17)6-7-10(18)22-2/h8,11-12H,6-7H2,1-5H3,(H,16,17)/t8-,12-/m0/s1. The van der Waals surface area contributed by atoms with Crippen LogP contribution in [-0.4, -0.2) is 64.3 Å². The SMILES string of the molecule is COC(=O)CCC(=O)N[C@H](C(=O)OC)[C@@H](C)C(C(=O)OC)C(=O)OC. The van der Waals surface area contributed by atoms with E-state index < -0.39 is 47.7 Å². The van der Waals surface area contributed by atoms with Crippen molar-refractivity contribution in [1.82, 2.24) is 5.32 Å². The molecule has 1 amide bonds. The lowest BCUT2D eigenvalue weighted by Gasteiger charge is -2.27. The Bertz CT molecular complexity index is 501. The van der Waals surface area contributed by atoms with Gasteiger partial charge in [0.05, 0.1) is 34.9 Å². The van der Waals surface area contributed by atoms with E-state index in [0.717, 1.165) is 21.3 Å². The lowest BCUT2D eigenvalue weighted by molar-refractivity contribution is -0.163. The Balaban J connectivity index is 5.31. The van der Waals surface area contributed by atoms with Gasteiger partial charge in [0.15, 0.2) is 5.92 Å². The molecule has 0 aromatic rings. The normalized spacial score (nSPS) is 12.6. The van der Waals surface area contributed by atoms with Crippen molar-refractivity contribution < 1.29 is 42.9 Å². The van der Waals surface area contributed by atoms with Crippen LogP contribution in [0.3, 0.4) is 0 Å². The monoisotopic (exact) mass is 361 g/mol. The fourth-order valence-corrected chi connectivity index (χ4v) is 2.07. The van der Waals surface area contributed by atoms with Crippen molar-refractivity contribution in [2.75, 3.05) is 28.4 Å². The molecule has 0 fully saturated rings. The molecule has 10 nitrogen and oxygen atoms in total. The minimum absolute atomic E-state index is 0.192. The van der Waals surface area contributed by atoms with Crippen molar-refractivity contribution in [3.05, 3.63) is 0 Å². The highest BCUT2D eigenvalue weighted by Crippen LogP contribution is 2.20. The zero-order valence-corrected chi connectivity index (χ0v) is 14.8. The molecule has 0 aromatic heterocycles. The van der Waals surface area contributed by atoms with Crippen molar-refractivity contribution in [3.63, 3.8) is 0 Å². The van der Waals surface area contributed by atoms with E-state index in [0.29, 0.717) is 0 Å². The summed E-state index contributed by atoms with van der Waals surface area (Å²) in [5.74, 6) is -6.42. The number of carbonyl (C=O) groups excluding carboxylic acids is 5. The summed E-state index contributed by atoms with van der Waals surface area (Å²) in [6.07, 6.45) is -0.434. The second-order valence-corrected chi connectivity index (χ2v) is 5.03. The lowest BCUT2D eigenvalue weighted by Crippen LogP contribution is -2.51. The molecule has 0 aliphatic carbocycles. The average Bonchev–Trinajstić information content (AvgIpc) is 2.62. The zero-order chi connectivity index (χ0) is 19.6. The molecule has 0 saturated heterocycles. The van der Waals surface area contributed by atoms with Crippen LogP contribution in [0.2, 0.25) is 0 Å². The van der Waals surface area contributed by atoms with Crippen LogP contribution in [0.15, 0.2) is 0 Å². The van der Waals surface area contributed by atoms with Crippen molar-refractivity contribution in [2.24, 2.45) is 11.8 Å². The van der Waals surface area contributed by atoms with Gasteiger partial charge in [-0.05, 0) is 0 Å². The molecule has 0 aliphatic rings. The van der Waals surface area contributed by atoms with Gasteiger partial charge in [-0.3, -0.25) is 19.2 Å². The zero-order valence-electron chi connectivity index (χ0n) is 14.8. The summed E-state index contributed by atoms with van der Waals surface area (Å²) in [6, 6.07) is -1.32. The summed E-state index contributed by atoms with van der Waals surface area (Å²) < 4.78 is 18.1. The molecule has 2 atom stereocenters. The van der Waals surface area contributed by atoms with Crippen molar-refractivity contribution in [2.45, 2.75) is 25.8 Å². The molecule has 142 valence electrons. The maximum atomic E-state index is 12.0. The van der Waals surface area contributed by atoms with Gasteiger partial charge in [0.2, 0.25) is 5.91 Å². The van der Waals surface area contributed by atoms with Crippen molar-refractivity contribution in [1.29, 1.82) is 0 Å². The van der Waals surface area contributed by atoms with Gasteiger partial charge in [0.25, 0.3) is 0 Å². The Morgan fingerprint density at radius 3 is 1.64 bits per heavy atom. The molecule has 0 unspecified atom stereocenters. The Morgan fingerprint density at radius 1 is 0.760 bits per heavy atom. The van der Waals surface area contributed by atoms with Crippen molar-refractivity contribution in [3.8, 4) is 0 Å². The van der Waals surface area contributed by atoms with Gasteiger partial charge < -0.3 is 24.3 Å². The van der Waals surface area contributed by atoms with E-state index in [1.165, 1.54) is 14.0 Å². The van der Waals surface area contributed by atoms with Gasteiger partial charge in [0.1, 0.15) is 6.04 Å². The smallest absolute Gasteiger partial charge is 0.328 e. The lowest BCUT2D eigenvalue weighted by atomic mass is 9.87. The summed E-state index contributed by atoms with van der Waals surface area (Å²) in [5, 5.41) is 2.35. The fraction of sp³-hybridized carbons (Fsp3) is 0.667. The van der Waals surface area contributed by atoms with Crippen LogP contribution in [0.5, 0.6) is 0 Å². The first-order chi connectivity index (χ1) is 11.7. The number of amides is 1. The number of ether oxygens (including phenoxy) is 4. The summed E-state index contributed by atoms with van der Waals surface area (Å²) in [7, 11) is 4.42. The van der Waals surface area contributed by atoms with Gasteiger partial charge in [0, 0.05) is 12.3 Å². The van der Waals surface area contributed by atoms with Gasteiger partial charge in [-0.2, -0.15) is 0 Å². The fourth-order valence-electron chi connectivity index (χ4n) is 2.07. The van der Waals surface area contributed by atoms with Gasteiger partial charge in [-0.1, -0.05) is 6.92 Å². The maximum Gasteiger partial charge on any atom is 0.328 e. The summed E-state index contributed by atoms with van der Waals surface area (Å²) >= 11 is 0. The molecule has 0 bridgehead atoms. The number of nitrogens with one attached hydrogen (secondary N) is 1. The first-order valence-electron chi connectivity index (χ1n) is 7.33. The summed E-state index contributed by atoms with van der Waals surface area (Å²) in [4.78, 5) is 58.7. The van der Waals surface area contributed by atoms with Crippen LogP contribution in [0, 0.1) is 11.8 Å². The van der Waals surface area contributed by atoms with E-state index in [9.17, 15) is 24.0 Å². The van der Waals surface area contributed by atoms with Gasteiger partial charge in [-0.25, -0.2) is 4.79 Å². The number of rotatable bonds is 9. The van der Waals surface area contributed by atoms with Crippen LogP contribution in [0.25, 0.3) is 0 Å². The second-order valence-electron chi connectivity index (χ2n) is 5.03. The molecule has 1 N–H and O–H groups in total. The number of hydrogen-bond donors (Lipinski definition) is 1. The quantitative estimate of drug-likeness (QED) is 0.318. The third-order valence-corrected chi connectivity index (χ3v) is 3.52. The molecule has 0 spiro atoms. The van der Waals surface area contributed by atoms with Crippen LogP contribution in [0.1, 0.15) is 19.8 Å². The Labute approximate surface area is 145 Å². The number of carbonyl (C=O) groups is 5. The van der Waals surface area contributed by atoms with E-state index >= 15 is 0 Å². The largest absolute Gasteiger partial charge is 0.469 e. The third-order valence-electron chi connectivity index (χ3n) is 3.52. The number of esters is 4. The summed E-state index contributed by atoms with van der Waals surface area (Å²) in [5.41, 5.74) is 0. The molecule has 0 radical (unpaired) electrons. The molecular formula is C15H23NO9. The van der Waals surface area contributed by atoms with Crippen LogP contribution in [-0.2, 0) is 42.9 Å². The average molecular weight is 361 g/mol. The molecule has 10 heteroatoms. The third kappa shape index (κ3) is 6.77. The minimum Gasteiger partial charge on any atom is -0.469 e. The highest BCUT2D eigenvalue weighted by Gasteiger charge is 2.42. The second kappa shape index (κ2) is 11.0. The van der Waals surface area contributed by atoms with Crippen molar-refractivity contribution >= 4 is 29.8 Å². The number of hydrogen-bond acceptors (Lipinski definition) is 9. The molecule has 0 rings (SSSR count). The molecule has 0 saturated carbocycles.